The number of nitrogens with one attached hydrogen (secondary N) is 1. The van der Waals surface area contributed by atoms with Crippen LogP contribution in [0.1, 0.15) is 28.7 Å². The highest BCUT2D eigenvalue weighted by atomic mass is 35.5. The molecular formula is C16H17ClN2O. The minimum atomic E-state index is -0.0169. The predicted molar refractivity (Wildman–Crippen MR) is 80.9 cm³/mol. The van der Waals surface area contributed by atoms with Crippen LogP contribution in [0, 0.1) is 6.92 Å². The molecule has 3 rings (SSSR count). The molecule has 0 bridgehead atoms. The Balaban J connectivity index is 1.97. The monoisotopic (exact) mass is 288 g/mol. The van der Waals surface area contributed by atoms with Crippen molar-refractivity contribution in [3.63, 3.8) is 0 Å². The van der Waals surface area contributed by atoms with Gasteiger partial charge in [0.2, 0.25) is 0 Å². The average molecular weight is 289 g/mol. The van der Waals surface area contributed by atoms with Gasteiger partial charge in [0.25, 0.3) is 0 Å². The van der Waals surface area contributed by atoms with Gasteiger partial charge >= 0.3 is 0 Å². The maximum atomic E-state index is 6.22. The van der Waals surface area contributed by atoms with Gasteiger partial charge in [-0.15, -0.1) is 0 Å². The smallest absolute Gasteiger partial charge is 0.122 e. The summed E-state index contributed by atoms with van der Waals surface area (Å²) < 4.78 is 5.74. The summed E-state index contributed by atoms with van der Waals surface area (Å²) in [5.74, 6) is 6.91. The fourth-order valence-corrected chi connectivity index (χ4v) is 2.90. The van der Waals surface area contributed by atoms with E-state index in [0.717, 1.165) is 21.9 Å². The van der Waals surface area contributed by atoms with E-state index in [1.54, 1.807) is 0 Å². The van der Waals surface area contributed by atoms with Gasteiger partial charge in [-0.1, -0.05) is 41.9 Å². The van der Waals surface area contributed by atoms with Crippen LogP contribution in [0.4, 0.5) is 0 Å². The van der Waals surface area contributed by atoms with Crippen LogP contribution in [0.25, 0.3) is 0 Å². The van der Waals surface area contributed by atoms with Gasteiger partial charge in [0, 0.05) is 16.5 Å². The number of ether oxygens (including phenoxy) is 1. The van der Waals surface area contributed by atoms with Gasteiger partial charge in [-0.05, 0) is 30.2 Å². The van der Waals surface area contributed by atoms with Crippen molar-refractivity contribution in [1.82, 2.24) is 5.43 Å². The quantitative estimate of drug-likeness (QED) is 0.673. The standard InChI is InChI=1S/C16H17ClN2O/c1-10-6-7-11(8-14(10)17)16(19-18)13-9-20-15-5-3-2-4-12(13)15/h2-8,13,16,19H,9,18H2,1H3. The van der Waals surface area contributed by atoms with E-state index < -0.39 is 0 Å². The van der Waals surface area contributed by atoms with E-state index in [2.05, 4.69) is 17.6 Å². The fourth-order valence-electron chi connectivity index (χ4n) is 2.71. The number of nitrogens with two attached hydrogens (primary N) is 1. The zero-order valence-corrected chi connectivity index (χ0v) is 12.0. The van der Waals surface area contributed by atoms with Crippen LogP contribution < -0.4 is 16.0 Å². The lowest BCUT2D eigenvalue weighted by Crippen LogP contribution is -2.33. The van der Waals surface area contributed by atoms with Crippen molar-refractivity contribution < 1.29 is 4.74 Å². The van der Waals surface area contributed by atoms with Gasteiger partial charge in [0.1, 0.15) is 5.75 Å². The molecule has 2 aromatic rings. The molecule has 2 atom stereocenters. The molecule has 0 aliphatic carbocycles. The van der Waals surface area contributed by atoms with Gasteiger partial charge in [0.05, 0.1) is 12.6 Å². The normalized spacial score (nSPS) is 18.4. The lowest BCUT2D eigenvalue weighted by molar-refractivity contribution is 0.300. The molecule has 0 aromatic heterocycles. The van der Waals surface area contributed by atoms with Crippen LogP contribution in [0.3, 0.4) is 0 Å². The van der Waals surface area contributed by atoms with Gasteiger partial charge in [-0.2, -0.15) is 0 Å². The van der Waals surface area contributed by atoms with Crippen molar-refractivity contribution in [2.75, 3.05) is 6.61 Å². The number of halogens is 1. The zero-order valence-electron chi connectivity index (χ0n) is 11.3. The SMILES string of the molecule is Cc1ccc(C(NN)C2COc3ccccc32)cc1Cl. The lowest BCUT2D eigenvalue weighted by Gasteiger charge is -2.23. The van der Waals surface area contributed by atoms with Crippen molar-refractivity contribution >= 4 is 11.6 Å². The number of rotatable bonds is 3. The maximum Gasteiger partial charge on any atom is 0.122 e. The van der Waals surface area contributed by atoms with E-state index in [0.29, 0.717) is 6.61 Å². The molecular weight excluding hydrogens is 272 g/mol. The van der Waals surface area contributed by atoms with E-state index in [9.17, 15) is 0 Å². The molecule has 3 nitrogen and oxygen atoms in total. The first-order valence-corrected chi connectivity index (χ1v) is 7.02. The Labute approximate surface area is 123 Å². The Morgan fingerprint density at radius 3 is 2.85 bits per heavy atom. The molecule has 3 N–H and O–H groups in total. The minimum absolute atomic E-state index is 0.0169. The third-order valence-corrected chi connectivity index (χ3v) is 4.28. The summed E-state index contributed by atoms with van der Waals surface area (Å²) in [4.78, 5) is 0. The van der Waals surface area contributed by atoms with Crippen molar-refractivity contribution in [3.05, 3.63) is 64.2 Å². The molecule has 0 fully saturated rings. The second kappa shape index (κ2) is 5.44. The number of benzene rings is 2. The molecule has 0 radical (unpaired) electrons. The average Bonchev–Trinajstić information content (AvgIpc) is 2.88. The van der Waals surface area contributed by atoms with Gasteiger partial charge in [-0.3, -0.25) is 11.3 Å². The van der Waals surface area contributed by atoms with Crippen molar-refractivity contribution in [2.45, 2.75) is 18.9 Å². The number of hydrogen-bond donors (Lipinski definition) is 2. The third kappa shape index (κ3) is 2.29. The Morgan fingerprint density at radius 1 is 1.30 bits per heavy atom. The molecule has 4 heteroatoms. The number of hydrazine groups is 1. The van der Waals surface area contributed by atoms with E-state index in [1.165, 1.54) is 5.56 Å². The highest BCUT2D eigenvalue weighted by Gasteiger charge is 2.31. The first-order valence-electron chi connectivity index (χ1n) is 6.64. The molecule has 1 heterocycles. The third-order valence-electron chi connectivity index (χ3n) is 3.87. The lowest BCUT2D eigenvalue weighted by atomic mass is 9.88. The molecule has 104 valence electrons. The van der Waals surface area contributed by atoms with E-state index in [-0.39, 0.29) is 12.0 Å². The molecule has 2 unspecified atom stereocenters. The summed E-state index contributed by atoms with van der Waals surface area (Å²) in [5, 5.41) is 0.759. The van der Waals surface area contributed by atoms with Gasteiger partial charge in [0.15, 0.2) is 0 Å². The summed E-state index contributed by atoms with van der Waals surface area (Å²) in [7, 11) is 0. The van der Waals surface area contributed by atoms with Crippen molar-refractivity contribution in [3.8, 4) is 5.75 Å². The summed E-state index contributed by atoms with van der Waals surface area (Å²) in [6, 6.07) is 14.1. The molecule has 0 saturated carbocycles. The molecule has 0 amide bonds. The Kier molecular flexibility index (Phi) is 3.66. The van der Waals surface area contributed by atoms with Crippen LogP contribution >= 0.6 is 11.6 Å². The molecule has 0 spiro atoms. The minimum Gasteiger partial charge on any atom is -0.493 e. The van der Waals surface area contributed by atoms with Crippen LogP contribution in [0.2, 0.25) is 5.02 Å². The number of para-hydroxylation sites is 1. The van der Waals surface area contributed by atoms with Crippen LogP contribution in [-0.2, 0) is 0 Å². The predicted octanol–water partition coefficient (Wildman–Crippen LogP) is 3.33. The second-order valence-corrected chi connectivity index (χ2v) is 5.52. The topological polar surface area (TPSA) is 47.3 Å². The first kappa shape index (κ1) is 13.4. The Hall–Kier alpha value is -1.55. The molecule has 1 aliphatic rings. The van der Waals surface area contributed by atoms with E-state index in [4.69, 9.17) is 22.2 Å². The number of aryl methyl sites for hydroxylation is 1. The largest absolute Gasteiger partial charge is 0.493 e. The Bertz CT molecular complexity index is 630. The first-order chi connectivity index (χ1) is 9.70. The van der Waals surface area contributed by atoms with Crippen LogP contribution in [-0.4, -0.2) is 6.61 Å². The van der Waals surface area contributed by atoms with Crippen molar-refractivity contribution in [1.29, 1.82) is 0 Å². The number of hydrogen-bond acceptors (Lipinski definition) is 3. The van der Waals surface area contributed by atoms with Gasteiger partial charge in [-0.25, -0.2) is 0 Å². The highest BCUT2D eigenvalue weighted by Crippen LogP contribution is 2.41. The van der Waals surface area contributed by atoms with Crippen molar-refractivity contribution in [2.24, 2.45) is 5.84 Å². The zero-order chi connectivity index (χ0) is 14.1. The summed E-state index contributed by atoms with van der Waals surface area (Å²) in [6.07, 6.45) is 0. The van der Waals surface area contributed by atoms with Crippen LogP contribution in [0.15, 0.2) is 42.5 Å². The summed E-state index contributed by atoms with van der Waals surface area (Å²) in [6.45, 7) is 2.62. The maximum absolute atomic E-state index is 6.22. The summed E-state index contributed by atoms with van der Waals surface area (Å²) >= 11 is 6.22. The fraction of sp³-hybridized carbons (Fsp3) is 0.250. The molecule has 20 heavy (non-hydrogen) atoms. The summed E-state index contributed by atoms with van der Waals surface area (Å²) in [5.41, 5.74) is 6.24. The van der Waals surface area contributed by atoms with Crippen LogP contribution in [0.5, 0.6) is 5.75 Å². The molecule has 2 aromatic carbocycles. The highest BCUT2D eigenvalue weighted by molar-refractivity contribution is 6.31. The Morgan fingerprint density at radius 2 is 2.10 bits per heavy atom. The van der Waals surface area contributed by atoms with Gasteiger partial charge < -0.3 is 4.74 Å². The molecule has 0 saturated heterocycles. The van der Waals surface area contributed by atoms with E-state index in [1.807, 2.05) is 37.3 Å². The number of fused-ring (bicyclic) bond motifs is 1. The molecule has 1 aliphatic heterocycles. The van der Waals surface area contributed by atoms with E-state index >= 15 is 0 Å². The second-order valence-electron chi connectivity index (χ2n) is 5.11.